The second-order valence-corrected chi connectivity index (χ2v) is 7.02. The normalized spacial score (nSPS) is 32.8. The molecule has 5 rings (SSSR count). The minimum absolute atomic E-state index is 0.254. The van der Waals surface area contributed by atoms with Gasteiger partial charge in [0.05, 0.1) is 6.54 Å². The standard InChI is InChI=1S/C17H21F3N2/c18-17(19,20)11-21-9-14-16(13-4-2-1-3-5-13)15(10-21)22(14)8-12-6-7-12/h1-5,12,14-16H,6-11H2/t14-,15+,16?. The van der Waals surface area contributed by atoms with Gasteiger partial charge in [0, 0.05) is 37.6 Å². The third-order valence-corrected chi connectivity index (χ3v) is 5.32. The second kappa shape index (κ2) is 5.24. The van der Waals surface area contributed by atoms with Crippen LogP contribution in [-0.2, 0) is 0 Å². The van der Waals surface area contributed by atoms with Crippen LogP contribution >= 0.6 is 0 Å². The van der Waals surface area contributed by atoms with E-state index in [2.05, 4.69) is 17.0 Å². The molecule has 2 nitrogen and oxygen atoms in total. The van der Waals surface area contributed by atoms with Gasteiger partial charge in [0.1, 0.15) is 0 Å². The van der Waals surface area contributed by atoms with Gasteiger partial charge in [-0.1, -0.05) is 30.3 Å². The monoisotopic (exact) mass is 310 g/mol. The summed E-state index contributed by atoms with van der Waals surface area (Å²) in [6.45, 7) is 1.40. The molecule has 3 aliphatic heterocycles. The Bertz CT molecular complexity index is 512. The number of piperazine rings is 1. The van der Waals surface area contributed by atoms with Gasteiger partial charge < -0.3 is 0 Å². The van der Waals surface area contributed by atoms with Crippen molar-refractivity contribution >= 4 is 0 Å². The largest absolute Gasteiger partial charge is 0.401 e. The highest BCUT2D eigenvalue weighted by molar-refractivity contribution is 5.30. The maximum atomic E-state index is 12.7. The van der Waals surface area contributed by atoms with E-state index in [0.717, 1.165) is 12.5 Å². The zero-order valence-corrected chi connectivity index (χ0v) is 12.5. The number of hydrogen-bond acceptors (Lipinski definition) is 2. The van der Waals surface area contributed by atoms with Gasteiger partial charge in [0.25, 0.3) is 0 Å². The Kier molecular flexibility index (Phi) is 3.46. The zero-order valence-electron chi connectivity index (χ0n) is 12.5. The summed E-state index contributed by atoms with van der Waals surface area (Å²) in [4.78, 5) is 4.07. The molecular formula is C17H21F3N2. The third kappa shape index (κ3) is 2.76. The molecule has 2 bridgehead atoms. The Morgan fingerprint density at radius 3 is 2.18 bits per heavy atom. The summed E-state index contributed by atoms with van der Waals surface area (Å²) in [6.07, 6.45) is -1.51. The van der Waals surface area contributed by atoms with Gasteiger partial charge in [0.15, 0.2) is 0 Å². The van der Waals surface area contributed by atoms with E-state index in [1.807, 2.05) is 18.2 Å². The van der Waals surface area contributed by atoms with Crippen LogP contribution in [0.4, 0.5) is 13.2 Å². The molecule has 3 heterocycles. The molecule has 1 saturated carbocycles. The first-order valence-electron chi connectivity index (χ1n) is 8.11. The number of benzene rings is 1. The molecule has 5 heteroatoms. The Hall–Kier alpha value is -1.07. The number of hydrogen-bond donors (Lipinski definition) is 0. The third-order valence-electron chi connectivity index (χ3n) is 5.32. The number of alkyl halides is 3. The lowest BCUT2D eigenvalue weighted by molar-refractivity contribution is -0.172. The molecule has 0 spiro atoms. The Morgan fingerprint density at radius 2 is 1.64 bits per heavy atom. The number of piperidine rings is 1. The quantitative estimate of drug-likeness (QED) is 0.843. The molecule has 4 aliphatic rings. The van der Waals surface area contributed by atoms with Gasteiger partial charge in [-0.2, -0.15) is 13.2 Å². The maximum absolute atomic E-state index is 12.7. The van der Waals surface area contributed by atoms with Gasteiger partial charge in [-0.3, -0.25) is 9.80 Å². The van der Waals surface area contributed by atoms with E-state index >= 15 is 0 Å². The molecule has 3 atom stereocenters. The predicted molar refractivity (Wildman–Crippen MR) is 78.7 cm³/mol. The van der Waals surface area contributed by atoms with Crippen molar-refractivity contribution in [1.82, 2.24) is 9.80 Å². The number of nitrogens with zero attached hydrogens (tertiary/aromatic N) is 2. The highest BCUT2D eigenvalue weighted by Crippen LogP contribution is 2.47. The average molecular weight is 310 g/mol. The summed E-state index contributed by atoms with van der Waals surface area (Å²) in [5.41, 5.74) is 1.29. The van der Waals surface area contributed by atoms with E-state index in [0.29, 0.717) is 19.0 Å². The van der Waals surface area contributed by atoms with Crippen molar-refractivity contribution in [3.8, 4) is 0 Å². The van der Waals surface area contributed by atoms with E-state index in [1.165, 1.54) is 18.4 Å². The highest BCUT2D eigenvalue weighted by Gasteiger charge is 2.55. The topological polar surface area (TPSA) is 6.48 Å². The zero-order chi connectivity index (χ0) is 15.3. The summed E-state index contributed by atoms with van der Waals surface area (Å²) < 4.78 is 38.0. The lowest BCUT2D eigenvalue weighted by Gasteiger charge is -2.62. The van der Waals surface area contributed by atoms with Crippen molar-refractivity contribution in [2.75, 3.05) is 26.2 Å². The number of rotatable bonds is 4. The van der Waals surface area contributed by atoms with E-state index in [4.69, 9.17) is 0 Å². The van der Waals surface area contributed by atoms with E-state index in [1.54, 1.807) is 4.90 Å². The van der Waals surface area contributed by atoms with E-state index in [-0.39, 0.29) is 12.1 Å². The fourth-order valence-electron chi connectivity index (χ4n) is 4.23. The molecule has 22 heavy (non-hydrogen) atoms. The molecule has 1 aromatic carbocycles. The molecule has 0 aromatic heterocycles. The van der Waals surface area contributed by atoms with E-state index < -0.39 is 12.7 Å². The Balaban J connectivity index is 1.49. The summed E-state index contributed by atoms with van der Waals surface area (Å²) in [6, 6.07) is 10.8. The van der Waals surface area contributed by atoms with Crippen LogP contribution in [0.15, 0.2) is 30.3 Å². The molecule has 120 valence electrons. The van der Waals surface area contributed by atoms with Gasteiger partial charge in [-0.15, -0.1) is 0 Å². The minimum atomic E-state index is -4.09. The van der Waals surface area contributed by atoms with Crippen LogP contribution in [0.5, 0.6) is 0 Å². The predicted octanol–water partition coefficient (Wildman–Crippen LogP) is 3.11. The van der Waals surface area contributed by atoms with Crippen LogP contribution in [0.25, 0.3) is 0 Å². The van der Waals surface area contributed by atoms with Crippen molar-refractivity contribution in [1.29, 1.82) is 0 Å². The SMILES string of the molecule is FC(F)(F)CN1C[C@@H]2C(c3ccccc3)[C@H](C1)N2CC1CC1. The second-order valence-electron chi connectivity index (χ2n) is 7.02. The Labute approximate surface area is 128 Å². The Morgan fingerprint density at radius 1 is 1.00 bits per heavy atom. The fraction of sp³-hybridized carbons (Fsp3) is 0.647. The lowest BCUT2D eigenvalue weighted by Crippen LogP contribution is -2.74. The summed E-state index contributed by atoms with van der Waals surface area (Å²) in [5, 5.41) is 0. The van der Waals surface area contributed by atoms with Crippen molar-refractivity contribution in [3.05, 3.63) is 35.9 Å². The molecule has 0 N–H and O–H groups in total. The van der Waals surface area contributed by atoms with Crippen LogP contribution in [0, 0.1) is 5.92 Å². The van der Waals surface area contributed by atoms with Crippen molar-refractivity contribution in [3.63, 3.8) is 0 Å². The first-order chi connectivity index (χ1) is 10.5. The first kappa shape index (κ1) is 14.5. The summed E-state index contributed by atoms with van der Waals surface area (Å²) >= 11 is 0. The molecule has 4 fully saturated rings. The molecule has 1 aliphatic carbocycles. The maximum Gasteiger partial charge on any atom is 0.401 e. The first-order valence-corrected chi connectivity index (χ1v) is 8.11. The number of halogens is 3. The van der Waals surface area contributed by atoms with Gasteiger partial charge in [-0.05, 0) is 24.3 Å². The fourth-order valence-corrected chi connectivity index (χ4v) is 4.23. The molecular weight excluding hydrogens is 289 g/mol. The highest BCUT2D eigenvalue weighted by atomic mass is 19.4. The minimum Gasteiger partial charge on any atom is -0.293 e. The van der Waals surface area contributed by atoms with Crippen LogP contribution in [0.1, 0.15) is 24.3 Å². The van der Waals surface area contributed by atoms with Crippen molar-refractivity contribution < 1.29 is 13.2 Å². The summed E-state index contributed by atoms with van der Waals surface area (Å²) in [5.74, 6) is 1.19. The van der Waals surface area contributed by atoms with Gasteiger partial charge >= 0.3 is 6.18 Å². The van der Waals surface area contributed by atoms with Crippen LogP contribution in [-0.4, -0.2) is 54.2 Å². The molecule has 1 aromatic rings. The molecule has 0 radical (unpaired) electrons. The van der Waals surface area contributed by atoms with Crippen LogP contribution in [0.3, 0.4) is 0 Å². The number of fused-ring (bicyclic) bond motifs is 2. The van der Waals surface area contributed by atoms with Crippen LogP contribution in [0.2, 0.25) is 0 Å². The molecule has 3 saturated heterocycles. The van der Waals surface area contributed by atoms with Gasteiger partial charge in [0.2, 0.25) is 0 Å². The molecule has 1 unspecified atom stereocenters. The average Bonchev–Trinajstić information content (AvgIpc) is 3.27. The van der Waals surface area contributed by atoms with Crippen molar-refractivity contribution in [2.24, 2.45) is 5.92 Å². The molecule has 0 amide bonds. The smallest absolute Gasteiger partial charge is 0.293 e. The van der Waals surface area contributed by atoms with Crippen LogP contribution < -0.4 is 0 Å². The summed E-state index contributed by atoms with van der Waals surface area (Å²) in [7, 11) is 0. The lowest BCUT2D eigenvalue weighted by atomic mass is 9.71. The van der Waals surface area contributed by atoms with Crippen molar-refractivity contribution in [2.45, 2.75) is 37.0 Å². The van der Waals surface area contributed by atoms with E-state index in [9.17, 15) is 13.2 Å². The van der Waals surface area contributed by atoms with Gasteiger partial charge in [-0.25, -0.2) is 0 Å².